The van der Waals surface area contributed by atoms with Crippen molar-refractivity contribution in [2.45, 2.75) is 45.9 Å². The van der Waals surface area contributed by atoms with Gasteiger partial charge in [0, 0.05) is 24.7 Å². The average Bonchev–Trinajstić information content (AvgIpc) is 2.59. The molecule has 5 nitrogen and oxygen atoms in total. The highest BCUT2D eigenvalue weighted by molar-refractivity contribution is 5.73. The van der Waals surface area contributed by atoms with Gasteiger partial charge in [-0.25, -0.2) is 9.18 Å². The predicted molar refractivity (Wildman–Crippen MR) is 92.0 cm³/mol. The highest BCUT2D eigenvalue weighted by atomic mass is 19.1. The Morgan fingerprint density at radius 3 is 2.75 bits per heavy atom. The van der Waals surface area contributed by atoms with E-state index < -0.39 is 5.82 Å². The molecule has 1 saturated heterocycles. The number of benzene rings is 1. The summed E-state index contributed by atoms with van der Waals surface area (Å²) in [6.07, 6.45) is 2.43. The third-order valence-corrected chi connectivity index (χ3v) is 4.73. The van der Waals surface area contributed by atoms with Crippen molar-refractivity contribution in [3.05, 3.63) is 35.1 Å². The van der Waals surface area contributed by atoms with Crippen molar-refractivity contribution in [1.29, 1.82) is 0 Å². The number of rotatable bonds is 6. The molecule has 1 aromatic carbocycles. The third kappa shape index (κ3) is 5.46. The number of urea groups is 1. The molecule has 0 saturated carbocycles. The molecule has 3 N–H and O–H groups in total. The molecule has 1 aromatic rings. The number of likely N-dealkylation sites (tertiary alicyclic amines) is 1. The highest BCUT2D eigenvalue weighted by Gasteiger charge is 2.20. The van der Waals surface area contributed by atoms with Crippen molar-refractivity contribution in [1.82, 2.24) is 15.5 Å². The van der Waals surface area contributed by atoms with E-state index in [1.54, 1.807) is 12.1 Å². The molecule has 0 bridgehead atoms. The highest BCUT2D eigenvalue weighted by Crippen LogP contribution is 2.17. The Labute approximate surface area is 143 Å². The summed E-state index contributed by atoms with van der Waals surface area (Å²) in [7, 11) is 0. The van der Waals surface area contributed by atoms with E-state index >= 15 is 0 Å². The fourth-order valence-electron chi connectivity index (χ4n) is 2.94. The summed E-state index contributed by atoms with van der Waals surface area (Å²) in [5, 5.41) is 14.7. The number of carbonyl (C=O) groups excluding carboxylic acids is 1. The number of hydrogen-bond acceptors (Lipinski definition) is 3. The lowest BCUT2D eigenvalue weighted by Crippen LogP contribution is -2.47. The smallest absolute Gasteiger partial charge is 0.315 e. The molecule has 1 atom stereocenters. The van der Waals surface area contributed by atoms with E-state index in [-0.39, 0.29) is 18.2 Å². The van der Waals surface area contributed by atoms with Gasteiger partial charge in [0.05, 0.1) is 6.61 Å². The van der Waals surface area contributed by atoms with Gasteiger partial charge in [-0.2, -0.15) is 0 Å². The van der Waals surface area contributed by atoms with Crippen LogP contribution >= 0.6 is 0 Å². The summed E-state index contributed by atoms with van der Waals surface area (Å²) in [5.41, 5.74) is 0.997. The molecule has 0 spiro atoms. The van der Waals surface area contributed by atoms with Crippen LogP contribution in [-0.4, -0.2) is 41.7 Å². The number of aliphatic hydroxyl groups is 1. The van der Waals surface area contributed by atoms with Crippen LogP contribution in [-0.2, 0) is 13.2 Å². The number of nitrogens with zero attached hydrogens (tertiary/aromatic N) is 1. The Bertz CT molecular complexity index is 545. The van der Waals surface area contributed by atoms with Gasteiger partial charge in [-0.15, -0.1) is 0 Å². The molecular weight excluding hydrogens is 309 g/mol. The zero-order valence-electron chi connectivity index (χ0n) is 14.5. The third-order valence-electron chi connectivity index (χ3n) is 4.73. The normalized spacial score (nSPS) is 17.5. The van der Waals surface area contributed by atoms with Crippen molar-refractivity contribution in [3.8, 4) is 0 Å². The van der Waals surface area contributed by atoms with Crippen molar-refractivity contribution < 1.29 is 14.3 Å². The lowest BCUT2D eigenvalue weighted by molar-refractivity contribution is 0.145. The van der Waals surface area contributed by atoms with E-state index in [0.29, 0.717) is 19.1 Å². The lowest BCUT2D eigenvalue weighted by Gasteiger charge is -2.34. The lowest BCUT2D eigenvalue weighted by atomic mass is 9.98. The Morgan fingerprint density at radius 1 is 1.38 bits per heavy atom. The van der Waals surface area contributed by atoms with E-state index in [4.69, 9.17) is 5.11 Å². The summed E-state index contributed by atoms with van der Waals surface area (Å²) in [4.78, 5) is 14.3. The maximum Gasteiger partial charge on any atom is 0.315 e. The molecule has 2 amide bonds. The van der Waals surface area contributed by atoms with Gasteiger partial charge in [0.2, 0.25) is 0 Å². The summed E-state index contributed by atoms with van der Waals surface area (Å²) < 4.78 is 13.3. The minimum atomic E-state index is -0.435. The van der Waals surface area contributed by atoms with Gasteiger partial charge < -0.3 is 15.7 Å². The van der Waals surface area contributed by atoms with Crippen LogP contribution in [0.2, 0.25) is 0 Å². The second-order valence-corrected chi connectivity index (χ2v) is 6.71. The van der Waals surface area contributed by atoms with Gasteiger partial charge in [-0.3, -0.25) is 4.90 Å². The number of hydrogen-bond donors (Lipinski definition) is 3. The predicted octanol–water partition coefficient (Wildman–Crippen LogP) is 2.24. The van der Waals surface area contributed by atoms with Crippen LogP contribution < -0.4 is 10.6 Å². The fraction of sp³-hybridized carbons (Fsp3) is 0.611. The molecule has 1 unspecified atom stereocenters. The topological polar surface area (TPSA) is 64.6 Å². The second kappa shape index (κ2) is 8.99. The largest absolute Gasteiger partial charge is 0.392 e. The standard InChI is InChI=1S/C18H28FN3O2/c1-13-5-7-22(8-6-13)14(2)10-20-18(24)21-11-15-3-4-17(19)16(9-15)12-23/h3-4,9,13-14,23H,5-8,10-12H2,1-2H3,(H2,20,21,24). The van der Waals surface area contributed by atoms with Gasteiger partial charge in [-0.05, 0) is 56.5 Å². The Hall–Kier alpha value is -1.66. The summed E-state index contributed by atoms with van der Waals surface area (Å²) in [6, 6.07) is 4.55. The van der Waals surface area contributed by atoms with Crippen LogP contribution in [0.1, 0.15) is 37.8 Å². The monoisotopic (exact) mass is 337 g/mol. The fourth-order valence-corrected chi connectivity index (χ4v) is 2.94. The van der Waals surface area contributed by atoms with Gasteiger partial charge in [-0.1, -0.05) is 13.0 Å². The van der Waals surface area contributed by atoms with Crippen molar-refractivity contribution in [2.75, 3.05) is 19.6 Å². The first kappa shape index (κ1) is 18.7. The minimum absolute atomic E-state index is 0.234. The Balaban J connectivity index is 1.71. The average molecular weight is 337 g/mol. The SMILES string of the molecule is CC1CCN(C(C)CNC(=O)NCc2ccc(F)c(CO)c2)CC1. The van der Waals surface area contributed by atoms with Gasteiger partial charge >= 0.3 is 6.03 Å². The Morgan fingerprint density at radius 2 is 2.08 bits per heavy atom. The summed E-state index contributed by atoms with van der Waals surface area (Å²) in [6.45, 7) is 7.14. The molecule has 1 heterocycles. The van der Waals surface area contributed by atoms with Gasteiger partial charge in [0.15, 0.2) is 0 Å². The van der Waals surface area contributed by atoms with Crippen LogP contribution in [0.5, 0.6) is 0 Å². The van der Waals surface area contributed by atoms with Crippen LogP contribution in [0.15, 0.2) is 18.2 Å². The van der Waals surface area contributed by atoms with Crippen molar-refractivity contribution in [2.24, 2.45) is 5.92 Å². The number of carbonyl (C=O) groups is 1. The van der Waals surface area contributed by atoms with E-state index in [2.05, 4.69) is 29.4 Å². The first-order valence-corrected chi connectivity index (χ1v) is 8.63. The van der Waals surface area contributed by atoms with Crippen LogP contribution in [0.4, 0.5) is 9.18 Å². The summed E-state index contributed by atoms with van der Waals surface area (Å²) in [5.74, 6) is 0.361. The molecule has 1 fully saturated rings. The molecule has 0 aliphatic carbocycles. The quantitative estimate of drug-likeness (QED) is 0.746. The first-order chi connectivity index (χ1) is 11.5. The number of aliphatic hydroxyl groups excluding tert-OH is 1. The molecule has 2 rings (SSSR count). The number of nitrogens with one attached hydrogen (secondary N) is 2. The molecule has 0 radical (unpaired) electrons. The van der Waals surface area contributed by atoms with Crippen LogP contribution in [0, 0.1) is 11.7 Å². The van der Waals surface area contributed by atoms with Crippen molar-refractivity contribution in [3.63, 3.8) is 0 Å². The zero-order valence-corrected chi connectivity index (χ0v) is 14.5. The van der Waals surface area contributed by atoms with Crippen LogP contribution in [0.3, 0.4) is 0 Å². The number of piperidine rings is 1. The van der Waals surface area contributed by atoms with E-state index in [1.807, 2.05) is 0 Å². The molecule has 134 valence electrons. The maximum absolute atomic E-state index is 13.3. The first-order valence-electron chi connectivity index (χ1n) is 8.63. The maximum atomic E-state index is 13.3. The molecule has 0 aromatic heterocycles. The van der Waals surface area contributed by atoms with E-state index in [0.717, 1.165) is 24.6 Å². The van der Waals surface area contributed by atoms with Crippen molar-refractivity contribution >= 4 is 6.03 Å². The van der Waals surface area contributed by atoms with E-state index in [1.165, 1.54) is 18.9 Å². The molecule has 1 aliphatic rings. The van der Waals surface area contributed by atoms with Gasteiger partial charge in [0.1, 0.15) is 5.82 Å². The van der Waals surface area contributed by atoms with Crippen LogP contribution in [0.25, 0.3) is 0 Å². The second-order valence-electron chi connectivity index (χ2n) is 6.71. The Kier molecular flexibility index (Phi) is 6.99. The zero-order chi connectivity index (χ0) is 17.5. The molecular formula is C18H28FN3O2. The van der Waals surface area contributed by atoms with E-state index in [9.17, 15) is 9.18 Å². The molecule has 24 heavy (non-hydrogen) atoms. The van der Waals surface area contributed by atoms with Gasteiger partial charge in [0.25, 0.3) is 0 Å². The number of halogens is 1. The minimum Gasteiger partial charge on any atom is -0.392 e. The summed E-state index contributed by atoms with van der Waals surface area (Å²) >= 11 is 0. The number of amides is 2. The molecule has 6 heteroatoms. The molecule has 1 aliphatic heterocycles.